The lowest BCUT2D eigenvalue weighted by Gasteiger charge is -2.29. The summed E-state index contributed by atoms with van der Waals surface area (Å²) in [6.45, 7) is 6.00. The van der Waals surface area contributed by atoms with Crippen molar-refractivity contribution in [2.45, 2.75) is 39.2 Å². The SMILES string of the molecule is Cc1cc(C)c(-c2ccc3c(CO)cc(C4CCCN(C)C4)nc3n2)c(O)c1. The number of rotatable bonds is 3. The van der Waals surface area contributed by atoms with E-state index in [0.29, 0.717) is 17.3 Å². The number of fused-ring (bicyclic) bond motifs is 1. The molecule has 1 fully saturated rings. The molecule has 0 aliphatic carbocycles. The molecule has 1 saturated heterocycles. The van der Waals surface area contributed by atoms with E-state index >= 15 is 0 Å². The molecule has 1 atom stereocenters. The van der Waals surface area contributed by atoms with Crippen molar-refractivity contribution < 1.29 is 10.2 Å². The minimum Gasteiger partial charge on any atom is -0.507 e. The highest BCUT2D eigenvalue weighted by Crippen LogP contribution is 2.34. The molecule has 28 heavy (non-hydrogen) atoms. The first-order valence-electron chi connectivity index (χ1n) is 9.87. The van der Waals surface area contributed by atoms with Crippen LogP contribution in [0.2, 0.25) is 0 Å². The van der Waals surface area contributed by atoms with E-state index in [-0.39, 0.29) is 12.4 Å². The smallest absolute Gasteiger partial charge is 0.160 e. The van der Waals surface area contributed by atoms with Gasteiger partial charge in [0.05, 0.1) is 12.3 Å². The van der Waals surface area contributed by atoms with Crippen LogP contribution in [-0.4, -0.2) is 45.2 Å². The molecule has 4 rings (SSSR count). The van der Waals surface area contributed by atoms with E-state index in [9.17, 15) is 10.2 Å². The van der Waals surface area contributed by atoms with Crippen LogP contribution in [0.25, 0.3) is 22.3 Å². The fourth-order valence-corrected chi connectivity index (χ4v) is 4.36. The number of likely N-dealkylation sites (tertiary alicyclic amines) is 1. The molecule has 0 spiro atoms. The number of piperidine rings is 1. The first-order chi connectivity index (χ1) is 13.5. The average molecular weight is 377 g/mol. The monoisotopic (exact) mass is 377 g/mol. The van der Waals surface area contributed by atoms with Gasteiger partial charge in [-0.1, -0.05) is 6.07 Å². The predicted octanol–water partition coefficient (Wildman–Crippen LogP) is 3.92. The Morgan fingerprint density at radius 2 is 1.96 bits per heavy atom. The zero-order valence-corrected chi connectivity index (χ0v) is 16.7. The molecule has 0 saturated carbocycles. The molecule has 3 heterocycles. The third kappa shape index (κ3) is 3.48. The van der Waals surface area contributed by atoms with E-state index in [0.717, 1.165) is 59.3 Å². The minimum atomic E-state index is -0.0373. The molecule has 0 bridgehead atoms. The normalized spacial score (nSPS) is 17.9. The van der Waals surface area contributed by atoms with Crippen molar-refractivity contribution in [3.05, 3.63) is 52.7 Å². The molecule has 1 aromatic carbocycles. The summed E-state index contributed by atoms with van der Waals surface area (Å²) in [7, 11) is 2.14. The van der Waals surface area contributed by atoms with Crippen molar-refractivity contribution >= 4 is 11.0 Å². The van der Waals surface area contributed by atoms with E-state index in [1.165, 1.54) is 0 Å². The van der Waals surface area contributed by atoms with Gasteiger partial charge < -0.3 is 15.1 Å². The summed E-state index contributed by atoms with van der Waals surface area (Å²) in [6.07, 6.45) is 2.25. The second kappa shape index (κ2) is 7.49. The van der Waals surface area contributed by atoms with Gasteiger partial charge in [0.25, 0.3) is 0 Å². The van der Waals surface area contributed by atoms with Crippen molar-refractivity contribution in [1.29, 1.82) is 0 Å². The molecule has 1 aliphatic heterocycles. The molecule has 1 unspecified atom stereocenters. The Morgan fingerprint density at radius 3 is 2.68 bits per heavy atom. The molecule has 2 N–H and O–H groups in total. The Labute approximate surface area is 165 Å². The third-order valence-corrected chi connectivity index (χ3v) is 5.71. The third-order valence-electron chi connectivity index (χ3n) is 5.71. The number of pyridine rings is 2. The lowest BCUT2D eigenvalue weighted by Crippen LogP contribution is -2.31. The fraction of sp³-hybridized carbons (Fsp3) is 0.391. The Kier molecular flexibility index (Phi) is 5.04. The Balaban J connectivity index is 1.84. The van der Waals surface area contributed by atoms with Crippen LogP contribution in [0.4, 0.5) is 0 Å². The number of benzene rings is 1. The Bertz CT molecular complexity index is 1010. The highest BCUT2D eigenvalue weighted by atomic mass is 16.3. The summed E-state index contributed by atoms with van der Waals surface area (Å²) in [6, 6.07) is 9.68. The Morgan fingerprint density at radius 1 is 1.14 bits per heavy atom. The summed E-state index contributed by atoms with van der Waals surface area (Å²) in [5.74, 6) is 0.588. The maximum atomic E-state index is 10.5. The van der Waals surface area contributed by atoms with Crippen LogP contribution in [-0.2, 0) is 6.61 Å². The topological polar surface area (TPSA) is 69.5 Å². The summed E-state index contributed by atoms with van der Waals surface area (Å²) in [5.41, 5.74) is 5.93. The zero-order valence-electron chi connectivity index (χ0n) is 16.7. The van der Waals surface area contributed by atoms with Crippen LogP contribution in [0.15, 0.2) is 30.3 Å². The number of aryl methyl sites for hydroxylation is 2. The van der Waals surface area contributed by atoms with Crippen molar-refractivity contribution in [3.63, 3.8) is 0 Å². The van der Waals surface area contributed by atoms with Crippen molar-refractivity contribution in [3.8, 4) is 17.0 Å². The van der Waals surface area contributed by atoms with Crippen LogP contribution < -0.4 is 0 Å². The molecule has 146 valence electrons. The van der Waals surface area contributed by atoms with Crippen molar-refractivity contribution in [2.75, 3.05) is 20.1 Å². The van der Waals surface area contributed by atoms with Crippen molar-refractivity contribution in [1.82, 2.24) is 14.9 Å². The molecule has 1 aliphatic rings. The number of nitrogens with zero attached hydrogens (tertiary/aromatic N) is 3. The van der Waals surface area contributed by atoms with Crippen molar-refractivity contribution in [2.24, 2.45) is 0 Å². The largest absolute Gasteiger partial charge is 0.507 e. The van der Waals surface area contributed by atoms with Crippen LogP contribution in [0.3, 0.4) is 0 Å². The molecular formula is C23H27N3O2. The van der Waals surface area contributed by atoms with Crippen LogP contribution in [0.5, 0.6) is 5.75 Å². The highest BCUT2D eigenvalue weighted by molar-refractivity contribution is 5.83. The van der Waals surface area contributed by atoms with Gasteiger partial charge in [-0.2, -0.15) is 0 Å². The summed E-state index contributed by atoms with van der Waals surface area (Å²) in [5, 5.41) is 21.3. The molecule has 3 aromatic rings. The lowest BCUT2D eigenvalue weighted by molar-refractivity contribution is 0.248. The Hall–Kier alpha value is -2.50. The summed E-state index contributed by atoms with van der Waals surface area (Å²) >= 11 is 0. The average Bonchev–Trinajstić information content (AvgIpc) is 2.66. The van der Waals surface area contributed by atoms with Gasteiger partial charge in [-0.15, -0.1) is 0 Å². The van der Waals surface area contributed by atoms with Gasteiger partial charge in [-0.3, -0.25) is 0 Å². The van der Waals surface area contributed by atoms with Crippen LogP contribution >= 0.6 is 0 Å². The van der Waals surface area contributed by atoms with Gasteiger partial charge in [-0.05, 0) is 81.2 Å². The number of hydrogen-bond donors (Lipinski definition) is 2. The lowest BCUT2D eigenvalue weighted by atomic mass is 9.93. The number of aromatic hydroxyl groups is 1. The number of phenolic OH excluding ortho intramolecular Hbond substituents is 1. The second-order valence-corrected chi connectivity index (χ2v) is 8.01. The number of hydrogen-bond acceptors (Lipinski definition) is 5. The van der Waals surface area contributed by atoms with E-state index in [1.807, 2.05) is 38.1 Å². The highest BCUT2D eigenvalue weighted by Gasteiger charge is 2.22. The molecule has 0 amide bonds. The fourth-order valence-electron chi connectivity index (χ4n) is 4.36. The van der Waals surface area contributed by atoms with E-state index in [4.69, 9.17) is 9.97 Å². The summed E-state index contributed by atoms with van der Waals surface area (Å²) in [4.78, 5) is 12.0. The van der Waals surface area contributed by atoms with Crippen LogP contribution in [0.1, 0.15) is 41.1 Å². The first kappa shape index (κ1) is 18.8. The summed E-state index contributed by atoms with van der Waals surface area (Å²) < 4.78 is 0. The number of likely N-dealkylation sites (N-methyl/N-ethyl adjacent to an activating group) is 1. The van der Waals surface area contributed by atoms with E-state index in [1.54, 1.807) is 6.07 Å². The number of aromatic nitrogens is 2. The molecule has 2 aromatic heterocycles. The van der Waals surface area contributed by atoms with E-state index in [2.05, 4.69) is 11.9 Å². The zero-order chi connectivity index (χ0) is 19.8. The molecule has 0 radical (unpaired) electrons. The van der Waals surface area contributed by atoms with Gasteiger partial charge in [0, 0.05) is 29.1 Å². The number of aliphatic hydroxyl groups is 1. The van der Waals surface area contributed by atoms with Gasteiger partial charge in [0.1, 0.15) is 5.75 Å². The maximum Gasteiger partial charge on any atom is 0.160 e. The van der Waals surface area contributed by atoms with Gasteiger partial charge in [0.2, 0.25) is 0 Å². The minimum absolute atomic E-state index is 0.0373. The number of aliphatic hydroxyl groups excluding tert-OH is 1. The maximum absolute atomic E-state index is 10.5. The molecular weight excluding hydrogens is 350 g/mol. The van der Waals surface area contributed by atoms with Gasteiger partial charge in [0.15, 0.2) is 5.65 Å². The second-order valence-electron chi connectivity index (χ2n) is 8.01. The molecule has 5 heteroatoms. The standard InChI is InChI=1S/C23H27N3O2/c1-14-9-15(2)22(21(28)10-14)19-7-6-18-17(13-27)11-20(25-23(18)24-19)16-5-4-8-26(3)12-16/h6-7,9-11,16,27-28H,4-5,8,12-13H2,1-3H3. The predicted molar refractivity (Wildman–Crippen MR) is 112 cm³/mol. The van der Waals surface area contributed by atoms with Gasteiger partial charge in [-0.25, -0.2) is 9.97 Å². The van der Waals surface area contributed by atoms with E-state index < -0.39 is 0 Å². The van der Waals surface area contributed by atoms with Crippen LogP contribution in [0, 0.1) is 13.8 Å². The molecule has 5 nitrogen and oxygen atoms in total. The first-order valence-corrected chi connectivity index (χ1v) is 9.87. The quantitative estimate of drug-likeness (QED) is 0.724. The number of phenols is 1. The van der Waals surface area contributed by atoms with Gasteiger partial charge >= 0.3 is 0 Å².